The first kappa shape index (κ1) is 16.3. The predicted octanol–water partition coefficient (Wildman–Crippen LogP) is 3.55. The minimum atomic E-state index is -1.07. The van der Waals surface area contributed by atoms with Crippen LogP contribution in [0, 0.1) is 26.0 Å². The zero-order chi connectivity index (χ0) is 17.1. The number of carbonyl (C=O) groups is 1. The van der Waals surface area contributed by atoms with E-state index in [2.05, 4.69) is 5.32 Å². The van der Waals surface area contributed by atoms with Gasteiger partial charge in [0.2, 0.25) is 0 Å². The van der Waals surface area contributed by atoms with Crippen LogP contribution >= 0.6 is 11.6 Å². The van der Waals surface area contributed by atoms with E-state index in [4.69, 9.17) is 11.6 Å². The maximum Gasteiger partial charge on any atom is 0.288 e. The number of benzene rings is 2. The molecule has 23 heavy (non-hydrogen) atoms. The third-order valence-corrected chi connectivity index (χ3v) is 3.11. The third-order valence-electron chi connectivity index (χ3n) is 2.81. The van der Waals surface area contributed by atoms with Crippen LogP contribution < -0.4 is 5.32 Å². The molecule has 0 aliphatic carbocycles. The van der Waals surface area contributed by atoms with Gasteiger partial charge in [-0.25, -0.2) is 4.39 Å². The number of hydrogen-bond donors (Lipinski definition) is 1. The average Bonchev–Trinajstić information content (AvgIpc) is 2.46. The average molecular weight is 340 g/mol. The molecular weight excluding hydrogens is 333 g/mol. The highest BCUT2D eigenvalue weighted by Gasteiger charge is 2.18. The van der Waals surface area contributed by atoms with Gasteiger partial charge in [-0.15, -0.1) is 0 Å². The van der Waals surface area contributed by atoms with Gasteiger partial charge >= 0.3 is 0 Å². The minimum absolute atomic E-state index is 0.114. The second-order valence-corrected chi connectivity index (χ2v) is 4.71. The van der Waals surface area contributed by atoms with Crippen molar-refractivity contribution in [2.24, 2.45) is 0 Å². The fourth-order valence-corrected chi connectivity index (χ4v) is 1.98. The van der Waals surface area contributed by atoms with E-state index < -0.39 is 32.8 Å². The molecule has 0 saturated carbocycles. The molecule has 8 nitrogen and oxygen atoms in total. The molecule has 1 amide bonds. The van der Waals surface area contributed by atoms with Gasteiger partial charge in [-0.1, -0.05) is 11.6 Å². The van der Waals surface area contributed by atoms with Gasteiger partial charge in [-0.05, 0) is 18.2 Å². The standard InChI is InChI=1S/C13H7ClFN3O5/c14-10-5-7(1-4-12(10)18(22)23)16-13(19)9-3-2-8(17(20)21)6-11(9)15/h1-6H,(H,16,19). The first-order valence-electron chi connectivity index (χ1n) is 5.99. The van der Waals surface area contributed by atoms with Crippen LogP contribution in [0.25, 0.3) is 0 Å². The predicted molar refractivity (Wildman–Crippen MR) is 79.1 cm³/mol. The molecule has 0 heterocycles. The highest BCUT2D eigenvalue weighted by atomic mass is 35.5. The Kier molecular flexibility index (Phi) is 4.51. The molecule has 1 N–H and O–H groups in total. The molecule has 0 unspecified atom stereocenters. The van der Waals surface area contributed by atoms with Crippen LogP contribution in [0.5, 0.6) is 0 Å². The van der Waals surface area contributed by atoms with Crippen LogP contribution in [-0.2, 0) is 0 Å². The molecule has 0 saturated heterocycles. The highest BCUT2D eigenvalue weighted by molar-refractivity contribution is 6.33. The topological polar surface area (TPSA) is 115 Å². The first-order chi connectivity index (χ1) is 10.8. The fraction of sp³-hybridized carbons (Fsp3) is 0. The van der Waals surface area contributed by atoms with E-state index in [9.17, 15) is 29.4 Å². The molecule has 0 fully saturated rings. The van der Waals surface area contributed by atoms with Crippen LogP contribution in [0.4, 0.5) is 21.5 Å². The highest BCUT2D eigenvalue weighted by Crippen LogP contribution is 2.27. The van der Waals surface area contributed by atoms with Gasteiger partial charge in [0.25, 0.3) is 17.3 Å². The van der Waals surface area contributed by atoms with Crippen molar-refractivity contribution in [2.45, 2.75) is 0 Å². The van der Waals surface area contributed by atoms with Crippen molar-refractivity contribution in [3.8, 4) is 0 Å². The van der Waals surface area contributed by atoms with Crippen molar-refractivity contribution >= 4 is 34.6 Å². The summed E-state index contributed by atoms with van der Waals surface area (Å²) in [6, 6.07) is 6.03. The molecule has 0 atom stereocenters. The van der Waals surface area contributed by atoms with Crippen molar-refractivity contribution < 1.29 is 19.0 Å². The Morgan fingerprint density at radius 3 is 2.30 bits per heavy atom. The lowest BCUT2D eigenvalue weighted by Gasteiger charge is -2.06. The van der Waals surface area contributed by atoms with Crippen molar-refractivity contribution in [1.82, 2.24) is 0 Å². The maximum absolute atomic E-state index is 13.7. The van der Waals surface area contributed by atoms with Gasteiger partial charge in [0.05, 0.1) is 21.5 Å². The summed E-state index contributed by atoms with van der Waals surface area (Å²) in [4.78, 5) is 31.6. The number of anilines is 1. The van der Waals surface area contributed by atoms with Crippen LogP contribution in [0.2, 0.25) is 5.02 Å². The Morgan fingerprint density at radius 2 is 1.78 bits per heavy atom. The van der Waals surface area contributed by atoms with E-state index in [-0.39, 0.29) is 16.4 Å². The molecular formula is C13H7ClFN3O5. The third kappa shape index (κ3) is 3.58. The Bertz CT molecular complexity index is 827. The SMILES string of the molecule is O=C(Nc1ccc([N+](=O)[O-])c(Cl)c1)c1ccc([N+](=O)[O-])cc1F. The van der Waals surface area contributed by atoms with Gasteiger partial charge < -0.3 is 5.32 Å². The summed E-state index contributed by atoms with van der Waals surface area (Å²) in [6.07, 6.45) is 0. The Morgan fingerprint density at radius 1 is 1.09 bits per heavy atom. The van der Waals surface area contributed by atoms with E-state index in [0.717, 1.165) is 24.3 Å². The van der Waals surface area contributed by atoms with E-state index in [1.807, 2.05) is 0 Å². The summed E-state index contributed by atoms with van der Waals surface area (Å²) in [7, 11) is 0. The quantitative estimate of drug-likeness (QED) is 0.675. The van der Waals surface area contributed by atoms with Gasteiger partial charge in [0.1, 0.15) is 10.8 Å². The molecule has 0 spiro atoms. The zero-order valence-electron chi connectivity index (χ0n) is 11.2. The molecule has 0 radical (unpaired) electrons. The number of rotatable bonds is 4. The van der Waals surface area contributed by atoms with E-state index in [1.54, 1.807) is 0 Å². The number of nitrogens with zero attached hydrogens (tertiary/aromatic N) is 2. The van der Waals surface area contributed by atoms with Crippen LogP contribution in [0.3, 0.4) is 0 Å². The van der Waals surface area contributed by atoms with Crippen molar-refractivity contribution in [3.63, 3.8) is 0 Å². The number of nitro groups is 2. The molecule has 2 rings (SSSR count). The first-order valence-corrected chi connectivity index (χ1v) is 6.36. The van der Waals surface area contributed by atoms with E-state index in [0.29, 0.717) is 6.07 Å². The number of halogens is 2. The second-order valence-electron chi connectivity index (χ2n) is 4.30. The Hall–Kier alpha value is -3.07. The number of amides is 1. The number of hydrogen-bond acceptors (Lipinski definition) is 5. The summed E-state index contributed by atoms with van der Waals surface area (Å²) in [5.74, 6) is -1.94. The Labute approximate surface area is 132 Å². The molecule has 0 aromatic heterocycles. The van der Waals surface area contributed by atoms with Gasteiger partial charge in [0, 0.05) is 17.8 Å². The van der Waals surface area contributed by atoms with Gasteiger partial charge in [-0.3, -0.25) is 25.0 Å². The number of non-ortho nitro benzene ring substituents is 1. The van der Waals surface area contributed by atoms with E-state index in [1.165, 1.54) is 6.07 Å². The van der Waals surface area contributed by atoms with Crippen molar-refractivity contribution in [2.75, 3.05) is 5.32 Å². The van der Waals surface area contributed by atoms with Crippen molar-refractivity contribution in [1.29, 1.82) is 0 Å². The van der Waals surface area contributed by atoms with Crippen LogP contribution in [0.1, 0.15) is 10.4 Å². The Balaban J connectivity index is 2.24. The second kappa shape index (κ2) is 6.36. The lowest BCUT2D eigenvalue weighted by Crippen LogP contribution is -2.14. The normalized spacial score (nSPS) is 10.2. The van der Waals surface area contributed by atoms with E-state index >= 15 is 0 Å². The molecule has 2 aromatic carbocycles. The molecule has 0 aliphatic rings. The van der Waals surface area contributed by atoms with Crippen LogP contribution in [0.15, 0.2) is 36.4 Å². The molecule has 0 aliphatic heterocycles. The summed E-state index contributed by atoms with van der Waals surface area (Å²) >= 11 is 5.70. The largest absolute Gasteiger partial charge is 0.322 e. The lowest BCUT2D eigenvalue weighted by atomic mass is 10.1. The minimum Gasteiger partial charge on any atom is -0.322 e. The summed E-state index contributed by atoms with van der Waals surface area (Å²) < 4.78 is 13.7. The summed E-state index contributed by atoms with van der Waals surface area (Å²) in [5.41, 5.74) is -1.13. The summed E-state index contributed by atoms with van der Waals surface area (Å²) in [6.45, 7) is 0. The van der Waals surface area contributed by atoms with Gasteiger partial charge in [0.15, 0.2) is 0 Å². The van der Waals surface area contributed by atoms with Crippen LogP contribution in [-0.4, -0.2) is 15.8 Å². The molecule has 2 aromatic rings. The zero-order valence-corrected chi connectivity index (χ0v) is 11.9. The number of nitrogens with one attached hydrogen (secondary N) is 1. The lowest BCUT2D eigenvalue weighted by molar-refractivity contribution is -0.385. The smallest absolute Gasteiger partial charge is 0.288 e. The van der Waals surface area contributed by atoms with Gasteiger partial charge in [-0.2, -0.15) is 0 Å². The van der Waals surface area contributed by atoms with Crippen molar-refractivity contribution in [3.05, 3.63) is 73.0 Å². The summed E-state index contributed by atoms with van der Waals surface area (Å²) in [5, 5.41) is 23.3. The fourth-order valence-electron chi connectivity index (χ4n) is 1.73. The maximum atomic E-state index is 13.7. The molecule has 0 bridgehead atoms. The number of nitro benzene ring substituents is 2. The molecule has 10 heteroatoms. The number of carbonyl (C=O) groups excluding carboxylic acids is 1. The molecule has 118 valence electrons. The monoisotopic (exact) mass is 339 g/mol.